The molecule has 4 unspecified atom stereocenters. The lowest BCUT2D eigenvalue weighted by molar-refractivity contribution is -0.0745. The van der Waals surface area contributed by atoms with Crippen LogP contribution in [0.2, 0.25) is 0 Å². The van der Waals surface area contributed by atoms with Gasteiger partial charge in [0.25, 0.3) is 0 Å². The summed E-state index contributed by atoms with van der Waals surface area (Å²) in [5.74, 6) is 3.31. The molecular weight excluding hydrogens is 515 g/mol. The van der Waals surface area contributed by atoms with E-state index in [1.54, 1.807) is 0 Å². The summed E-state index contributed by atoms with van der Waals surface area (Å²) in [5.41, 5.74) is 2.23. The molecule has 1 aromatic rings. The highest BCUT2D eigenvalue weighted by Crippen LogP contribution is 2.66. The van der Waals surface area contributed by atoms with Crippen LogP contribution in [0.25, 0.3) is 0 Å². The van der Waals surface area contributed by atoms with Crippen LogP contribution in [0.5, 0.6) is 0 Å². The Labute approximate surface area is 185 Å². The first-order valence-electron chi connectivity index (χ1n) is 8.59. The number of aliphatic hydroxyl groups is 2. The van der Waals surface area contributed by atoms with Crippen LogP contribution in [-0.4, -0.2) is 64.3 Å². The first kappa shape index (κ1) is 27.8. The maximum atomic E-state index is 12.2. The summed E-state index contributed by atoms with van der Waals surface area (Å²) in [6.45, 7) is -0.480. The van der Waals surface area contributed by atoms with Crippen molar-refractivity contribution < 1.29 is 61.4 Å². The highest BCUT2D eigenvalue weighted by atomic mass is 31.3. The minimum absolute atomic E-state index is 0.137. The highest BCUT2D eigenvalue weighted by Gasteiger charge is 2.56. The molecule has 0 aliphatic carbocycles. The van der Waals surface area contributed by atoms with E-state index in [1.165, 1.54) is 13.0 Å². The minimum Gasteiger partial charge on any atom is -0.396 e. The first-order valence-corrected chi connectivity index (χ1v) is 13.1. The zero-order valence-corrected chi connectivity index (χ0v) is 19.2. The van der Waals surface area contributed by atoms with Crippen molar-refractivity contribution in [2.24, 2.45) is 5.92 Å². The summed E-state index contributed by atoms with van der Waals surface area (Å²) in [5, 5.41) is 20.9. The number of aliphatic hydroxyl groups excluding tert-OH is 1. The number of anilines is 1. The predicted molar refractivity (Wildman–Crippen MR) is 106 cm³/mol. The second-order valence-corrected chi connectivity index (χ2v) is 10.9. The van der Waals surface area contributed by atoms with Gasteiger partial charge in [-0.2, -0.15) is 13.6 Å². The first-order chi connectivity index (χ1) is 15.0. The van der Waals surface area contributed by atoms with Crippen molar-refractivity contribution in [2.45, 2.75) is 24.9 Å². The van der Waals surface area contributed by atoms with Crippen LogP contribution in [0.1, 0.15) is 13.2 Å². The lowest BCUT2D eigenvalue weighted by Gasteiger charge is -2.28. The smallest absolute Gasteiger partial charge is 0.396 e. The molecule has 2 rings (SSSR count). The van der Waals surface area contributed by atoms with Crippen molar-refractivity contribution >= 4 is 29.3 Å². The summed E-state index contributed by atoms with van der Waals surface area (Å²) < 4.78 is 52.1. The Morgan fingerprint density at radius 3 is 2.39 bits per heavy atom. The third-order valence-corrected chi connectivity index (χ3v) is 7.94. The van der Waals surface area contributed by atoms with Gasteiger partial charge in [-0.1, -0.05) is 5.92 Å². The van der Waals surface area contributed by atoms with Crippen molar-refractivity contribution in [2.75, 3.05) is 18.9 Å². The molecule has 6 atom stereocenters. The van der Waals surface area contributed by atoms with Crippen LogP contribution in [-0.2, 0) is 31.6 Å². The quantitative estimate of drug-likeness (QED) is 0.139. The topological polar surface area (TPSA) is 270 Å². The molecule has 1 aliphatic heterocycles. The average molecular weight is 535 g/mol. The Hall–Kier alpha value is -1.47. The van der Waals surface area contributed by atoms with E-state index in [-0.39, 0.29) is 5.82 Å². The number of hydrogen-bond donors (Lipinski definition) is 7. The molecule has 0 radical (unpaired) electrons. The van der Waals surface area contributed by atoms with E-state index < -0.39 is 66.2 Å². The van der Waals surface area contributed by atoms with Crippen LogP contribution in [0.4, 0.5) is 5.82 Å². The van der Waals surface area contributed by atoms with E-state index in [9.17, 15) is 38.5 Å². The Kier molecular flexibility index (Phi) is 8.44. The zero-order valence-electron chi connectivity index (χ0n) is 16.6. The van der Waals surface area contributed by atoms with Gasteiger partial charge in [0, 0.05) is 6.20 Å². The third kappa shape index (κ3) is 7.01. The number of nitrogens with zero attached hydrogens (tertiary/aromatic N) is 2. The number of phosphoric ester groups is 1. The number of aromatic nitrogens is 2. The molecule has 1 aromatic heterocycles. The van der Waals surface area contributed by atoms with Crippen molar-refractivity contribution in [3.8, 4) is 11.8 Å². The lowest BCUT2D eigenvalue weighted by atomic mass is 9.85. The van der Waals surface area contributed by atoms with Crippen molar-refractivity contribution in [1.82, 2.24) is 9.55 Å². The average Bonchev–Trinajstić information content (AvgIpc) is 2.88. The van der Waals surface area contributed by atoms with E-state index in [4.69, 9.17) is 20.3 Å². The van der Waals surface area contributed by atoms with E-state index in [2.05, 4.69) is 30.0 Å². The fraction of sp³-hybridized carbons (Fsp3) is 0.538. The second kappa shape index (κ2) is 10.0. The number of hydrogen-bond acceptors (Lipinski definition) is 12. The minimum atomic E-state index is -5.76. The number of phosphoric acid groups is 3. The van der Waals surface area contributed by atoms with Crippen molar-refractivity contribution in [1.29, 1.82) is 0 Å². The normalized spacial score (nSPS) is 29.0. The molecule has 0 bridgehead atoms. The summed E-state index contributed by atoms with van der Waals surface area (Å²) >= 11 is 0. The predicted octanol–water partition coefficient (Wildman–Crippen LogP) is -1.57. The summed E-state index contributed by atoms with van der Waals surface area (Å²) in [6.07, 6.45) is -1.94. The Balaban J connectivity index is 2.28. The van der Waals surface area contributed by atoms with Crippen LogP contribution in [0.15, 0.2) is 17.1 Å². The Morgan fingerprint density at radius 1 is 1.24 bits per heavy atom. The molecule has 0 spiro atoms. The summed E-state index contributed by atoms with van der Waals surface area (Å²) in [7, 11) is -16.9. The Bertz CT molecular complexity index is 1140. The fourth-order valence-corrected chi connectivity index (χ4v) is 5.98. The highest BCUT2D eigenvalue weighted by molar-refractivity contribution is 7.66. The number of rotatable bonds is 9. The van der Waals surface area contributed by atoms with Crippen LogP contribution in [0, 0.1) is 17.8 Å². The van der Waals surface area contributed by atoms with Gasteiger partial charge < -0.3 is 40.3 Å². The third-order valence-electron chi connectivity index (χ3n) is 4.14. The van der Waals surface area contributed by atoms with E-state index >= 15 is 0 Å². The zero-order chi connectivity index (χ0) is 25.2. The molecule has 1 fully saturated rings. The molecular formula is C13H20N3O14P3. The molecule has 8 N–H and O–H groups in total. The molecule has 1 aliphatic rings. The molecule has 0 amide bonds. The van der Waals surface area contributed by atoms with Gasteiger partial charge in [0.05, 0.1) is 25.2 Å². The van der Waals surface area contributed by atoms with Crippen LogP contribution >= 0.6 is 23.5 Å². The molecule has 0 aromatic carbocycles. The van der Waals surface area contributed by atoms with Gasteiger partial charge in [-0.25, -0.2) is 18.5 Å². The van der Waals surface area contributed by atoms with Gasteiger partial charge in [0.15, 0.2) is 11.8 Å². The molecule has 186 valence electrons. The molecule has 2 heterocycles. The lowest BCUT2D eigenvalue weighted by Crippen LogP contribution is -2.46. The van der Waals surface area contributed by atoms with E-state index in [1.807, 2.05) is 0 Å². The Morgan fingerprint density at radius 2 is 1.88 bits per heavy atom. The monoisotopic (exact) mass is 535 g/mol. The van der Waals surface area contributed by atoms with Crippen LogP contribution < -0.4 is 11.4 Å². The maximum absolute atomic E-state index is 12.2. The number of ether oxygens (including phenoxy) is 1. The molecule has 33 heavy (non-hydrogen) atoms. The van der Waals surface area contributed by atoms with E-state index in [0.29, 0.717) is 0 Å². The summed E-state index contributed by atoms with van der Waals surface area (Å²) in [6, 6.07) is 1.21. The molecule has 20 heteroatoms. The van der Waals surface area contributed by atoms with E-state index in [0.717, 1.165) is 10.8 Å². The van der Waals surface area contributed by atoms with Crippen molar-refractivity contribution in [3.63, 3.8) is 0 Å². The van der Waals surface area contributed by atoms with Gasteiger partial charge in [-0.05, 0) is 13.0 Å². The largest absolute Gasteiger partial charge is 0.490 e. The molecule has 17 nitrogen and oxygen atoms in total. The van der Waals surface area contributed by atoms with Gasteiger partial charge in [0.1, 0.15) is 5.82 Å². The fourth-order valence-electron chi connectivity index (χ4n) is 2.95. The van der Waals surface area contributed by atoms with Crippen LogP contribution in [0.3, 0.4) is 0 Å². The molecule has 0 saturated carbocycles. The standard InChI is InChI=1S/C13H20N3O14P3/c1-2-4-13(19)8(6-17)9(28-11(13)16-5-3-10(14)15-12(16)18)7-27-32(23,24)30-33(25,26)29-31(20,21)22/h3,5,8-9,11,17,19H,6-7H2,1H3,(H,23,24)(H,25,26)(H2,14,15,18)(H2,20,21,22)/t8?,9-,11-,13?/m1/s1. The molecule has 1 saturated heterocycles. The van der Waals surface area contributed by atoms with Gasteiger partial charge >= 0.3 is 29.2 Å². The number of nitrogens with two attached hydrogens (primary N) is 1. The SMILES string of the molecule is CC#CC1(O)C(CO)[C@@H](COP(=O)(O)OP(=O)(O)OP(=O)(O)O)O[C@H]1n1ccc(N)nc1=O. The number of nitrogen functional groups attached to an aromatic ring is 1. The second-order valence-electron chi connectivity index (χ2n) is 6.45. The van der Waals surface area contributed by atoms with Gasteiger partial charge in [-0.3, -0.25) is 9.09 Å². The van der Waals surface area contributed by atoms with Gasteiger partial charge in [0.2, 0.25) is 0 Å². The summed E-state index contributed by atoms with van der Waals surface area (Å²) in [4.78, 5) is 51.6. The van der Waals surface area contributed by atoms with Crippen molar-refractivity contribution in [3.05, 3.63) is 22.7 Å². The maximum Gasteiger partial charge on any atom is 0.490 e. The van der Waals surface area contributed by atoms with Gasteiger partial charge in [-0.15, -0.1) is 5.92 Å².